The summed E-state index contributed by atoms with van der Waals surface area (Å²) in [6.45, 7) is 11.1. The molecule has 1 saturated heterocycles. The average Bonchev–Trinajstić information content (AvgIpc) is 2.40. The highest BCUT2D eigenvalue weighted by atomic mass is 19.1. The molecule has 1 aliphatic rings. The van der Waals surface area contributed by atoms with Crippen molar-refractivity contribution in [1.29, 1.82) is 0 Å². The molecule has 0 radical (unpaired) electrons. The molecule has 2 unspecified atom stereocenters. The van der Waals surface area contributed by atoms with Crippen LogP contribution in [0.2, 0.25) is 0 Å². The lowest BCUT2D eigenvalue weighted by Gasteiger charge is -2.37. The molecule has 0 bridgehead atoms. The second-order valence-corrected chi connectivity index (χ2v) is 6.99. The van der Waals surface area contributed by atoms with Crippen molar-refractivity contribution in [2.24, 2.45) is 11.8 Å². The summed E-state index contributed by atoms with van der Waals surface area (Å²) in [6.07, 6.45) is 2.50. The molecule has 1 N–H and O–H groups in total. The van der Waals surface area contributed by atoms with Crippen LogP contribution in [0.3, 0.4) is 0 Å². The molecule has 0 aliphatic carbocycles. The third kappa shape index (κ3) is 5.76. The Kier molecular flexibility index (Phi) is 6.19. The summed E-state index contributed by atoms with van der Waals surface area (Å²) in [5.41, 5.74) is 1.20. The van der Waals surface area contributed by atoms with Gasteiger partial charge in [-0.2, -0.15) is 0 Å². The molecular weight excluding hydrogens is 263 g/mol. The van der Waals surface area contributed by atoms with Crippen LogP contribution in [-0.2, 0) is 6.54 Å². The zero-order chi connectivity index (χ0) is 15.2. The molecule has 0 aromatic heterocycles. The predicted molar refractivity (Wildman–Crippen MR) is 86.7 cm³/mol. The zero-order valence-corrected chi connectivity index (χ0v) is 13.6. The van der Waals surface area contributed by atoms with E-state index in [4.69, 9.17) is 0 Å². The summed E-state index contributed by atoms with van der Waals surface area (Å²) in [7, 11) is 0. The Hall–Kier alpha value is -0.930. The molecule has 21 heavy (non-hydrogen) atoms. The van der Waals surface area contributed by atoms with Crippen LogP contribution in [0.4, 0.5) is 4.39 Å². The number of halogens is 1. The summed E-state index contributed by atoms with van der Waals surface area (Å²) in [5.74, 6) is 1.32. The first-order valence-electron chi connectivity index (χ1n) is 8.23. The Balaban J connectivity index is 1.83. The van der Waals surface area contributed by atoms with E-state index in [1.807, 2.05) is 12.1 Å². The fourth-order valence-corrected chi connectivity index (χ4v) is 3.16. The van der Waals surface area contributed by atoms with Crippen molar-refractivity contribution in [2.45, 2.75) is 46.2 Å². The molecular formula is C18H29FN2. The first-order chi connectivity index (χ1) is 10.0. The summed E-state index contributed by atoms with van der Waals surface area (Å²) < 4.78 is 13.0. The Morgan fingerprint density at radius 2 is 1.95 bits per heavy atom. The Morgan fingerprint density at radius 1 is 1.24 bits per heavy atom. The second kappa shape index (κ2) is 7.90. The number of benzene rings is 1. The normalized spacial score (nSPS) is 23.7. The molecule has 118 valence electrons. The summed E-state index contributed by atoms with van der Waals surface area (Å²) in [6, 6.07) is 7.50. The summed E-state index contributed by atoms with van der Waals surface area (Å²) in [5, 5.41) is 3.71. The summed E-state index contributed by atoms with van der Waals surface area (Å²) >= 11 is 0. The van der Waals surface area contributed by atoms with Gasteiger partial charge in [0.25, 0.3) is 0 Å². The molecule has 2 rings (SSSR count). The van der Waals surface area contributed by atoms with Crippen LogP contribution in [0, 0.1) is 17.7 Å². The van der Waals surface area contributed by atoms with E-state index in [0.29, 0.717) is 6.04 Å². The highest BCUT2D eigenvalue weighted by Gasteiger charge is 2.24. The van der Waals surface area contributed by atoms with Gasteiger partial charge in [0.05, 0.1) is 0 Å². The van der Waals surface area contributed by atoms with E-state index in [0.717, 1.165) is 38.0 Å². The fourth-order valence-electron chi connectivity index (χ4n) is 3.16. The number of likely N-dealkylation sites (tertiary alicyclic amines) is 1. The summed E-state index contributed by atoms with van der Waals surface area (Å²) in [4.78, 5) is 2.49. The third-order valence-electron chi connectivity index (χ3n) is 4.21. The number of piperidine rings is 1. The number of hydrogen-bond donors (Lipinski definition) is 1. The lowest BCUT2D eigenvalue weighted by atomic mass is 9.95. The highest BCUT2D eigenvalue weighted by Crippen LogP contribution is 2.19. The Bertz CT molecular complexity index is 416. The molecule has 0 spiro atoms. The van der Waals surface area contributed by atoms with Crippen molar-refractivity contribution in [3.63, 3.8) is 0 Å². The topological polar surface area (TPSA) is 15.3 Å². The molecule has 2 atom stereocenters. The van der Waals surface area contributed by atoms with Crippen LogP contribution in [0.25, 0.3) is 0 Å². The monoisotopic (exact) mass is 292 g/mol. The van der Waals surface area contributed by atoms with Gasteiger partial charge in [-0.3, -0.25) is 4.90 Å². The van der Waals surface area contributed by atoms with Crippen LogP contribution in [0.15, 0.2) is 24.3 Å². The first-order valence-corrected chi connectivity index (χ1v) is 8.23. The van der Waals surface area contributed by atoms with Crippen LogP contribution < -0.4 is 5.32 Å². The third-order valence-corrected chi connectivity index (χ3v) is 4.21. The van der Waals surface area contributed by atoms with Gasteiger partial charge < -0.3 is 5.32 Å². The van der Waals surface area contributed by atoms with Crippen molar-refractivity contribution in [3.8, 4) is 0 Å². The van der Waals surface area contributed by atoms with Gasteiger partial charge in [-0.15, -0.1) is 0 Å². The molecule has 1 aliphatic heterocycles. The molecule has 3 heteroatoms. The number of rotatable bonds is 6. The maximum Gasteiger partial charge on any atom is 0.123 e. The van der Waals surface area contributed by atoms with Crippen molar-refractivity contribution >= 4 is 0 Å². The molecule has 1 fully saturated rings. The van der Waals surface area contributed by atoms with E-state index in [1.54, 1.807) is 12.1 Å². The van der Waals surface area contributed by atoms with Crippen LogP contribution in [-0.4, -0.2) is 30.6 Å². The van der Waals surface area contributed by atoms with Gasteiger partial charge in [0.1, 0.15) is 5.82 Å². The Labute approximate surface area is 128 Å². The maximum atomic E-state index is 13.0. The minimum atomic E-state index is -0.154. The van der Waals surface area contributed by atoms with Gasteiger partial charge in [-0.1, -0.05) is 32.9 Å². The first kappa shape index (κ1) is 16.4. The standard InChI is InChI=1S/C18H29FN2/c1-14(2)8-9-20-18-10-15(3)11-21(13-18)12-16-4-6-17(19)7-5-16/h4-7,14-15,18,20H,8-13H2,1-3H3. The van der Waals surface area contributed by atoms with E-state index in [2.05, 4.69) is 31.0 Å². The van der Waals surface area contributed by atoms with Gasteiger partial charge in [-0.25, -0.2) is 4.39 Å². The van der Waals surface area contributed by atoms with Crippen molar-refractivity contribution < 1.29 is 4.39 Å². The van der Waals surface area contributed by atoms with Crippen molar-refractivity contribution in [1.82, 2.24) is 10.2 Å². The second-order valence-electron chi connectivity index (χ2n) is 6.99. The van der Waals surface area contributed by atoms with E-state index >= 15 is 0 Å². The maximum absolute atomic E-state index is 13.0. The Morgan fingerprint density at radius 3 is 2.62 bits per heavy atom. The lowest BCUT2D eigenvalue weighted by Crippen LogP contribution is -2.48. The SMILES string of the molecule is CC(C)CCNC1CC(C)CN(Cc2ccc(F)cc2)C1. The largest absolute Gasteiger partial charge is 0.313 e. The van der Waals surface area contributed by atoms with Gasteiger partial charge in [0.2, 0.25) is 0 Å². The zero-order valence-electron chi connectivity index (χ0n) is 13.6. The molecule has 0 amide bonds. The molecule has 1 aromatic rings. The molecule has 1 aromatic carbocycles. The van der Waals surface area contributed by atoms with E-state index in [9.17, 15) is 4.39 Å². The van der Waals surface area contributed by atoms with Gasteiger partial charge >= 0.3 is 0 Å². The van der Waals surface area contributed by atoms with Gasteiger partial charge in [0, 0.05) is 25.7 Å². The van der Waals surface area contributed by atoms with Crippen molar-refractivity contribution in [2.75, 3.05) is 19.6 Å². The predicted octanol–water partition coefficient (Wildman–Crippen LogP) is 3.67. The number of nitrogens with one attached hydrogen (secondary N) is 1. The van der Waals surface area contributed by atoms with E-state index in [1.165, 1.54) is 18.4 Å². The quantitative estimate of drug-likeness (QED) is 0.860. The lowest BCUT2D eigenvalue weighted by molar-refractivity contribution is 0.142. The smallest absolute Gasteiger partial charge is 0.123 e. The number of nitrogens with zero attached hydrogens (tertiary/aromatic N) is 1. The van der Waals surface area contributed by atoms with E-state index < -0.39 is 0 Å². The van der Waals surface area contributed by atoms with Crippen LogP contribution in [0.5, 0.6) is 0 Å². The number of hydrogen-bond acceptors (Lipinski definition) is 2. The van der Waals surface area contributed by atoms with Crippen molar-refractivity contribution in [3.05, 3.63) is 35.6 Å². The fraction of sp³-hybridized carbons (Fsp3) is 0.667. The average molecular weight is 292 g/mol. The minimum absolute atomic E-state index is 0.154. The minimum Gasteiger partial charge on any atom is -0.313 e. The molecule has 1 heterocycles. The van der Waals surface area contributed by atoms with E-state index in [-0.39, 0.29) is 5.82 Å². The van der Waals surface area contributed by atoms with Crippen LogP contribution in [0.1, 0.15) is 39.2 Å². The highest BCUT2D eigenvalue weighted by molar-refractivity contribution is 5.16. The van der Waals surface area contributed by atoms with Gasteiger partial charge in [0.15, 0.2) is 0 Å². The molecule has 0 saturated carbocycles. The van der Waals surface area contributed by atoms with Crippen LogP contribution >= 0.6 is 0 Å². The van der Waals surface area contributed by atoms with Gasteiger partial charge in [-0.05, 0) is 48.9 Å². The molecule has 2 nitrogen and oxygen atoms in total.